The molecule has 5 aromatic rings. The SMILES string of the molecule is COc1ccc2cc(C(c3nnnn3C3CCCCC3)N3CCN(c4ccc(F)cc4)CC3)c3nnnn3c2c1. The fourth-order valence-electron chi connectivity index (χ4n) is 6.27. The Labute approximate surface area is 230 Å². The topological polar surface area (TPSA) is 102 Å². The summed E-state index contributed by atoms with van der Waals surface area (Å²) in [6.07, 6.45) is 5.76. The van der Waals surface area contributed by atoms with Crippen molar-refractivity contribution in [3.8, 4) is 5.75 Å². The Balaban J connectivity index is 1.32. The van der Waals surface area contributed by atoms with Crippen LogP contribution in [0.5, 0.6) is 5.75 Å². The molecular weight excluding hydrogens is 511 g/mol. The molecule has 2 aromatic carbocycles. The number of ether oxygens (including phenoxy) is 1. The summed E-state index contributed by atoms with van der Waals surface area (Å²) >= 11 is 0. The van der Waals surface area contributed by atoms with Crippen LogP contribution in [0.25, 0.3) is 16.6 Å². The molecule has 0 N–H and O–H groups in total. The molecule has 1 aliphatic carbocycles. The lowest BCUT2D eigenvalue weighted by Gasteiger charge is -2.40. The van der Waals surface area contributed by atoms with E-state index in [0.29, 0.717) is 5.65 Å². The maximum absolute atomic E-state index is 13.5. The minimum absolute atomic E-state index is 0.225. The fourth-order valence-corrected chi connectivity index (χ4v) is 6.27. The second-order valence-electron chi connectivity index (χ2n) is 10.6. The monoisotopic (exact) mass is 542 g/mol. The average Bonchev–Trinajstić information content (AvgIpc) is 3.69. The third-order valence-electron chi connectivity index (χ3n) is 8.35. The van der Waals surface area contributed by atoms with Gasteiger partial charge in [-0.3, -0.25) is 4.90 Å². The van der Waals surface area contributed by atoms with Gasteiger partial charge in [0.25, 0.3) is 0 Å². The minimum Gasteiger partial charge on any atom is -0.497 e. The fraction of sp³-hybridized carbons (Fsp3) is 0.429. The molecule has 4 heterocycles. The molecule has 0 radical (unpaired) electrons. The van der Waals surface area contributed by atoms with E-state index in [1.54, 1.807) is 11.6 Å². The summed E-state index contributed by atoms with van der Waals surface area (Å²) in [6.45, 7) is 3.13. The smallest absolute Gasteiger partial charge is 0.185 e. The number of tetrazole rings is 2. The van der Waals surface area contributed by atoms with Gasteiger partial charge >= 0.3 is 0 Å². The van der Waals surface area contributed by atoms with Gasteiger partial charge in [-0.2, -0.15) is 4.52 Å². The van der Waals surface area contributed by atoms with Gasteiger partial charge in [-0.05, 0) is 76.2 Å². The number of rotatable bonds is 6. The third kappa shape index (κ3) is 4.41. The Hall–Kier alpha value is -4.19. The molecular formula is C28H31FN10O. The third-order valence-corrected chi connectivity index (χ3v) is 8.35. The Kier molecular flexibility index (Phi) is 6.46. The predicted octanol–water partition coefficient (Wildman–Crippen LogP) is 3.83. The Bertz CT molecular complexity index is 1620. The number of anilines is 1. The van der Waals surface area contributed by atoms with Crippen LogP contribution in [0.3, 0.4) is 0 Å². The highest BCUT2D eigenvalue weighted by Gasteiger charge is 2.35. The van der Waals surface area contributed by atoms with Gasteiger partial charge in [-0.15, -0.1) is 10.2 Å². The van der Waals surface area contributed by atoms with E-state index in [0.717, 1.165) is 72.7 Å². The van der Waals surface area contributed by atoms with Crippen LogP contribution in [0.4, 0.5) is 10.1 Å². The van der Waals surface area contributed by atoms with Crippen molar-refractivity contribution in [2.75, 3.05) is 38.2 Å². The number of pyridine rings is 1. The first kappa shape index (κ1) is 24.8. The molecule has 1 saturated heterocycles. The molecule has 1 atom stereocenters. The van der Waals surface area contributed by atoms with Crippen LogP contribution in [0.2, 0.25) is 0 Å². The van der Waals surface area contributed by atoms with E-state index in [1.807, 2.05) is 30.3 Å². The zero-order chi connectivity index (χ0) is 27.1. The molecule has 1 aliphatic heterocycles. The summed E-state index contributed by atoms with van der Waals surface area (Å²) in [5.74, 6) is 1.34. The van der Waals surface area contributed by atoms with E-state index >= 15 is 0 Å². The van der Waals surface area contributed by atoms with Gasteiger partial charge in [-0.25, -0.2) is 9.07 Å². The second kappa shape index (κ2) is 10.4. The second-order valence-corrected chi connectivity index (χ2v) is 10.6. The molecule has 1 saturated carbocycles. The zero-order valence-corrected chi connectivity index (χ0v) is 22.4. The average molecular weight is 543 g/mol. The van der Waals surface area contributed by atoms with Crippen molar-refractivity contribution in [2.24, 2.45) is 0 Å². The largest absolute Gasteiger partial charge is 0.497 e. The summed E-state index contributed by atoms with van der Waals surface area (Å²) in [7, 11) is 1.65. The molecule has 40 heavy (non-hydrogen) atoms. The maximum Gasteiger partial charge on any atom is 0.185 e. The van der Waals surface area contributed by atoms with Gasteiger partial charge < -0.3 is 9.64 Å². The van der Waals surface area contributed by atoms with E-state index in [9.17, 15) is 4.39 Å². The van der Waals surface area contributed by atoms with Crippen LogP contribution in [0.15, 0.2) is 48.5 Å². The lowest BCUT2D eigenvalue weighted by Crippen LogP contribution is -2.48. The Morgan fingerprint density at radius 3 is 2.42 bits per heavy atom. The number of fused-ring (bicyclic) bond motifs is 3. The first-order valence-electron chi connectivity index (χ1n) is 13.9. The molecule has 12 heteroatoms. The number of nitrogens with zero attached hydrogens (tertiary/aromatic N) is 10. The molecule has 1 unspecified atom stereocenters. The van der Waals surface area contributed by atoms with Crippen LogP contribution in [0.1, 0.15) is 55.6 Å². The van der Waals surface area contributed by atoms with Crippen LogP contribution >= 0.6 is 0 Å². The van der Waals surface area contributed by atoms with E-state index in [-0.39, 0.29) is 17.9 Å². The number of methoxy groups -OCH3 is 1. The van der Waals surface area contributed by atoms with Crippen molar-refractivity contribution in [3.05, 3.63) is 65.7 Å². The molecule has 3 aromatic heterocycles. The van der Waals surface area contributed by atoms with Crippen molar-refractivity contribution in [1.29, 1.82) is 0 Å². The summed E-state index contributed by atoms with van der Waals surface area (Å²) < 4.78 is 22.8. The number of halogens is 1. The van der Waals surface area contributed by atoms with Gasteiger partial charge in [-0.1, -0.05) is 19.3 Å². The zero-order valence-electron chi connectivity index (χ0n) is 22.4. The molecule has 0 amide bonds. The highest BCUT2D eigenvalue weighted by Crippen LogP contribution is 2.37. The first-order valence-corrected chi connectivity index (χ1v) is 13.9. The number of piperazine rings is 1. The van der Waals surface area contributed by atoms with E-state index < -0.39 is 0 Å². The molecule has 2 fully saturated rings. The molecule has 7 rings (SSSR count). The maximum atomic E-state index is 13.5. The molecule has 0 spiro atoms. The highest BCUT2D eigenvalue weighted by molar-refractivity contribution is 5.84. The standard InChI is InChI=1S/C28H31FN10O/c1-40-23-12-7-19-17-24(27-30-32-35-39(27)25(19)18-23)26(28-31-33-34-38(28)22-5-3-2-4-6-22)37-15-13-36(14-16-37)21-10-8-20(29)9-11-21/h7-12,17-18,22,26H,2-6,13-16H2,1H3. The van der Waals surface area contributed by atoms with Crippen LogP contribution < -0.4 is 9.64 Å². The summed E-state index contributed by atoms with van der Waals surface area (Å²) in [5, 5.41) is 27.2. The molecule has 0 bridgehead atoms. The number of hydrogen-bond donors (Lipinski definition) is 0. The van der Waals surface area contributed by atoms with Gasteiger partial charge in [0.05, 0.1) is 18.7 Å². The van der Waals surface area contributed by atoms with Crippen molar-refractivity contribution in [2.45, 2.75) is 44.2 Å². The Morgan fingerprint density at radius 1 is 0.875 bits per heavy atom. The normalized spacial score (nSPS) is 18.0. The number of hydrogen-bond acceptors (Lipinski definition) is 9. The first-order chi connectivity index (χ1) is 19.7. The lowest BCUT2D eigenvalue weighted by atomic mass is 9.95. The molecule has 11 nitrogen and oxygen atoms in total. The van der Waals surface area contributed by atoms with Crippen molar-refractivity contribution in [1.82, 2.24) is 45.1 Å². The van der Waals surface area contributed by atoms with Crippen molar-refractivity contribution < 1.29 is 9.13 Å². The van der Waals surface area contributed by atoms with Crippen LogP contribution in [0, 0.1) is 5.82 Å². The quantitative estimate of drug-likeness (QED) is 0.317. The van der Waals surface area contributed by atoms with E-state index in [1.165, 1.54) is 31.4 Å². The van der Waals surface area contributed by atoms with Gasteiger partial charge in [0, 0.05) is 48.9 Å². The van der Waals surface area contributed by atoms with Crippen molar-refractivity contribution >= 4 is 22.2 Å². The van der Waals surface area contributed by atoms with Crippen LogP contribution in [-0.4, -0.2) is 78.4 Å². The summed E-state index contributed by atoms with van der Waals surface area (Å²) in [4.78, 5) is 4.71. The van der Waals surface area contributed by atoms with Crippen molar-refractivity contribution in [3.63, 3.8) is 0 Å². The van der Waals surface area contributed by atoms with Crippen LogP contribution in [-0.2, 0) is 0 Å². The number of aromatic nitrogens is 8. The predicted molar refractivity (Wildman–Crippen MR) is 147 cm³/mol. The van der Waals surface area contributed by atoms with E-state index in [2.05, 4.69) is 51.6 Å². The summed E-state index contributed by atoms with van der Waals surface area (Å²) in [5.41, 5.74) is 3.53. The number of benzene rings is 2. The Morgan fingerprint density at radius 2 is 1.65 bits per heavy atom. The summed E-state index contributed by atoms with van der Waals surface area (Å²) in [6, 6.07) is 14.8. The molecule has 2 aliphatic rings. The van der Waals surface area contributed by atoms with E-state index in [4.69, 9.17) is 4.74 Å². The molecule has 206 valence electrons. The van der Waals surface area contributed by atoms with Gasteiger partial charge in [0.15, 0.2) is 11.5 Å². The van der Waals surface area contributed by atoms with Gasteiger partial charge in [0.1, 0.15) is 17.6 Å². The van der Waals surface area contributed by atoms with Gasteiger partial charge in [0.2, 0.25) is 0 Å². The minimum atomic E-state index is -0.243. The highest BCUT2D eigenvalue weighted by atomic mass is 19.1. The lowest BCUT2D eigenvalue weighted by molar-refractivity contribution is 0.194.